The summed E-state index contributed by atoms with van der Waals surface area (Å²) < 4.78 is 46.3. The number of nitrogens with zero attached hydrogens (tertiary/aromatic N) is 2. The van der Waals surface area contributed by atoms with E-state index in [1.165, 1.54) is 6.07 Å². The zero-order valence-corrected chi connectivity index (χ0v) is 11.2. The third kappa shape index (κ3) is 2.68. The van der Waals surface area contributed by atoms with Crippen LogP contribution in [0.5, 0.6) is 0 Å². The van der Waals surface area contributed by atoms with E-state index in [2.05, 4.69) is 0 Å². The lowest BCUT2D eigenvalue weighted by molar-refractivity contribution is 0.0305. The molecule has 0 spiro atoms. The van der Waals surface area contributed by atoms with E-state index >= 15 is 0 Å². The van der Waals surface area contributed by atoms with Gasteiger partial charge in [0.15, 0.2) is 0 Å². The molecule has 10 heteroatoms. The summed E-state index contributed by atoms with van der Waals surface area (Å²) in [4.78, 5) is -0.814. The van der Waals surface area contributed by atoms with Crippen LogP contribution < -0.4 is 0 Å². The molecular weight excluding hydrogens is 284 g/mol. The summed E-state index contributed by atoms with van der Waals surface area (Å²) in [6.07, 6.45) is 0. The summed E-state index contributed by atoms with van der Waals surface area (Å²) in [6, 6.07) is 4.27. The highest BCUT2D eigenvalue weighted by Crippen LogP contribution is 2.19. The van der Waals surface area contributed by atoms with Crippen LogP contribution in [0.2, 0.25) is 0 Å². The molecule has 1 rings (SSSR count). The number of hydrogen-bond donors (Lipinski definition) is 2. The first-order chi connectivity index (χ1) is 8.10. The Balaban J connectivity index is 3.42. The summed E-state index contributed by atoms with van der Waals surface area (Å²) in [7, 11) is -6.53. The summed E-state index contributed by atoms with van der Waals surface area (Å²) in [5.41, 5.74) is 0. The van der Waals surface area contributed by atoms with Crippen molar-refractivity contribution in [2.75, 3.05) is 14.1 Å². The fraction of sp³-hybridized carbons (Fsp3) is 0.250. The Morgan fingerprint density at radius 3 is 1.50 bits per heavy atom. The molecule has 0 aromatic heterocycles. The second kappa shape index (κ2) is 4.91. The maximum atomic E-state index is 11.6. The highest BCUT2D eigenvalue weighted by Gasteiger charge is 2.24. The zero-order valence-electron chi connectivity index (χ0n) is 9.55. The van der Waals surface area contributed by atoms with Gasteiger partial charge in [0.25, 0.3) is 20.0 Å². The van der Waals surface area contributed by atoms with Crippen molar-refractivity contribution >= 4 is 20.0 Å². The van der Waals surface area contributed by atoms with Crippen molar-refractivity contribution in [3.8, 4) is 0 Å². The maximum Gasteiger partial charge on any atom is 0.264 e. The molecule has 0 heterocycles. The number of hydrogen-bond acceptors (Lipinski definition) is 6. The van der Waals surface area contributed by atoms with Gasteiger partial charge in [0.05, 0.1) is 9.79 Å². The lowest BCUT2D eigenvalue weighted by Gasteiger charge is -2.12. The zero-order chi connectivity index (χ0) is 14.1. The van der Waals surface area contributed by atoms with Crippen LogP contribution in [-0.4, -0.2) is 50.3 Å². The molecule has 0 aliphatic rings. The molecule has 1 aromatic rings. The molecule has 0 saturated carbocycles. The molecule has 1 aromatic carbocycles. The highest BCUT2D eigenvalue weighted by molar-refractivity contribution is 7.89. The van der Waals surface area contributed by atoms with Gasteiger partial charge < -0.3 is 0 Å². The molecule has 0 saturated heterocycles. The monoisotopic (exact) mass is 296 g/mol. The van der Waals surface area contributed by atoms with Crippen molar-refractivity contribution in [1.29, 1.82) is 0 Å². The van der Waals surface area contributed by atoms with Crippen molar-refractivity contribution in [3.05, 3.63) is 24.3 Å². The van der Waals surface area contributed by atoms with Crippen molar-refractivity contribution < 1.29 is 27.3 Å². The van der Waals surface area contributed by atoms with Gasteiger partial charge in [-0.3, -0.25) is 10.4 Å². The van der Waals surface area contributed by atoms with Gasteiger partial charge in [-0.1, -0.05) is 15.0 Å². The van der Waals surface area contributed by atoms with Gasteiger partial charge in [0.1, 0.15) is 0 Å². The Bertz CT molecular complexity index is 582. The normalized spacial score (nSPS) is 13.2. The quantitative estimate of drug-likeness (QED) is 0.737. The third-order valence-corrected chi connectivity index (χ3v) is 5.19. The first-order valence-corrected chi connectivity index (χ1v) is 7.44. The van der Waals surface area contributed by atoms with Gasteiger partial charge in [0.2, 0.25) is 0 Å². The van der Waals surface area contributed by atoms with Crippen molar-refractivity contribution in [2.45, 2.75) is 9.79 Å². The first kappa shape index (κ1) is 15.0. The molecule has 0 radical (unpaired) electrons. The molecular formula is C8H12N2O6S2. The Kier molecular flexibility index (Phi) is 4.10. The lowest BCUT2D eigenvalue weighted by atomic mass is 10.4. The van der Waals surface area contributed by atoms with Crippen LogP contribution in [0.4, 0.5) is 0 Å². The van der Waals surface area contributed by atoms with Crippen LogP contribution in [0.1, 0.15) is 0 Å². The summed E-state index contributed by atoms with van der Waals surface area (Å²) in [5.74, 6) is 0. The molecule has 0 fully saturated rings. The first-order valence-electron chi connectivity index (χ1n) is 4.56. The second-order valence-electron chi connectivity index (χ2n) is 3.35. The third-order valence-electron chi connectivity index (χ3n) is 2.10. The molecule has 0 amide bonds. The Morgan fingerprint density at radius 1 is 0.889 bits per heavy atom. The van der Waals surface area contributed by atoms with Gasteiger partial charge in [-0.15, -0.1) is 0 Å². The van der Waals surface area contributed by atoms with E-state index in [4.69, 9.17) is 10.4 Å². The number of sulfonamides is 2. The molecule has 8 nitrogen and oxygen atoms in total. The van der Waals surface area contributed by atoms with E-state index in [-0.39, 0.29) is 8.94 Å². The molecule has 18 heavy (non-hydrogen) atoms. The van der Waals surface area contributed by atoms with E-state index in [1.807, 2.05) is 0 Å². The minimum atomic E-state index is -4.16. The van der Waals surface area contributed by atoms with Gasteiger partial charge in [-0.2, -0.15) is 0 Å². The van der Waals surface area contributed by atoms with E-state index in [0.29, 0.717) is 0 Å². The van der Waals surface area contributed by atoms with E-state index in [9.17, 15) is 16.8 Å². The van der Waals surface area contributed by atoms with Gasteiger partial charge >= 0.3 is 0 Å². The largest absolute Gasteiger partial charge is 0.299 e. The summed E-state index contributed by atoms with van der Waals surface area (Å²) in [5, 5.41) is 17.9. The lowest BCUT2D eigenvalue weighted by Crippen LogP contribution is -2.25. The standard InChI is InChI=1S/C8H12N2O6S2/c1-9(11)17(13,14)7-4-3-5-8(6-7)18(15,16)10(2)12/h3-6,11-12H,1-2H3. The summed E-state index contributed by atoms with van der Waals surface area (Å²) >= 11 is 0. The van der Waals surface area contributed by atoms with Gasteiger partial charge in [-0.25, -0.2) is 16.8 Å². The second-order valence-corrected chi connectivity index (χ2v) is 7.25. The van der Waals surface area contributed by atoms with E-state index in [1.54, 1.807) is 0 Å². The van der Waals surface area contributed by atoms with E-state index in [0.717, 1.165) is 32.3 Å². The van der Waals surface area contributed by atoms with Gasteiger partial charge in [0, 0.05) is 14.1 Å². The SMILES string of the molecule is CN(O)S(=O)(=O)c1cccc(S(=O)(=O)N(C)O)c1. The van der Waals surface area contributed by atoms with Crippen LogP contribution in [0.15, 0.2) is 34.1 Å². The highest BCUT2D eigenvalue weighted by atomic mass is 32.2. The average Bonchev–Trinajstić information content (AvgIpc) is 2.28. The number of hydroxylamine groups is 2. The van der Waals surface area contributed by atoms with Crippen LogP contribution in [-0.2, 0) is 20.0 Å². The minimum absolute atomic E-state index is 0.0264. The van der Waals surface area contributed by atoms with Gasteiger partial charge in [-0.05, 0) is 18.2 Å². The predicted octanol–water partition coefficient (Wildman–Crippen LogP) is -0.294. The summed E-state index contributed by atoms with van der Waals surface area (Å²) in [6.45, 7) is 0. The van der Waals surface area contributed by atoms with Crippen LogP contribution in [0.3, 0.4) is 0 Å². The van der Waals surface area contributed by atoms with Crippen molar-refractivity contribution in [3.63, 3.8) is 0 Å². The number of benzene rings is 1. The Morgan fingerprint density at radius 2 is 1.22 bits per heavy atom. The molecule has 0 aliphatic heterocycles. The van der Waals surface area contributed by atoms with Crippen LogP contribution >= 0.6 is 0 Å². The fourth-order valence-electron chi connectivity index (χ4n) is 1.10. The van der Waals surface area contributed by atoms with E-state index < -0.39 is 29.8 Å². The molecule has 0 bridgehead atoms. The smallest absolute Gasteiger partial charge is 0.264 e. The Labute approximate surface area is 105 Å². The topological polar surface area (TPSA) is 115 Å². The van der Waals surface area contributed by atoms with Crippen molar-refractivity contribution in [2.24, 2.45) is 0 Å². The van der Waals surface area contributed by atoms with Crippen molar-refractivity contribution in [1.82, 2.24) is 8.94 Å². The minimum Gasteiger partial charge on any atom is -0.299 e. The predicted molar refractivity (Wildman–Crippen MR) is 59.9 cm³/mol. The number of rotatable bonds is 4. The molecule has 0 unspecified atom stereocenters. The molecule has 2 N–H and O–H groups in total. The average molecular weight is 296 g/mol. The molecule has 0 atom stereocenters. The Hall–Kier alpha value is -1.04. The molecule has 0 aliphatic carbocycles. The van der Waals surface area contributed by atoms with Crippen LogP contribution in [0, 0.1) is 0 Å². The van der Waals surface area contributed by atoms with Crippen LogP contribution in [0.25, 0.3) is 0 Å². The fourth-order valence-corrected chi connectivity index (χ4v) is 2.84. The molecule has 102 valence electrons. The maximum absolute atomic E-state index is 11.6.